The Balaban J connectivity index is 2.03. The van der Waals surface area contributed by atoms with Crippen molar-refractivity contribution in [3.8, 4) is 0 Å². The van der Waals surface area contributed by atoms with Crippen LogP contribution in [0.4, 0.5) is 0 Å². The van der Waals surface area contributed by atoms with Crippen molar-refractivity contribution in [1.29, 1.82) is 0 Å². The van der Waals surface area contributed by atoms with Gasteiger partial charge in [-0.25, -0.2) is 0 Å². The molecule has 1 nitrogen and oxygen atoms in total. The molecule has 1 aliphatic heterocycles. The van der Waals surface area contributed by atoms with E-state index in [2.05, 4.69) is 42.2 Å². The minimum atomic E-state index is 0.594. The van der Waals surface area contributed by atoms with Crippen LogP contribution in [-0.4, -0.2) is 18.0 Å². The highest BCUT2D eigenvalue weighted by atomic mass is 15.2. The van der Waals surface area contributed by atoms with E-state index in [1.54, 1.807) is 0 Å². The highest BCUT2D eigenvalue weighted by molar-refractivity contribution is 5.18. The summed E-state index contributed by atoms with van der Waals surface area (Å²) >= 11 is 0. The predicted octanol–water partition coefficient (Wildman–Crippen LogP) is 3.23. The lowest BCUT2D eigenvalue weighted by Crippen LogP contribution is -2.32. The SMILES string of the molecule is CC(c1ccccc1)N1CCCCC1. The molecule has 0 N–H and O–H groups in total. The van der Waals surface area contributed by atoms with Crippen LogP contribution in [0.1, 0.15) is 37.8 Å². The van der Waals surface area contributed by atoms with Crippen molar-refractivity contribution in [3.05, 3.63) is 35.9 Å². The molecule has 76 valence electrons. The van der Waals surface area contributed by atoms with E-state index >= 15 is 0 Å². The van der Waals surface area contributed by atoms with Crippen molar-refractivity contribution < 1.29 is 0 Å². The number of hydrogen-bond donors (Lipinski definition) is 0. The van der Waals surface area contributed by atoms with Gasteiger partial charge in [0.05, 0.1) is 0 Å². The second-order valence-electron chi connectivity index (χ2n) is 4.18. The summed E-state index contributed by atoms with van der Waals surface area (Å²) in [5.74, 6) is 0. The van der Waals surface area contributed by atoms with Gasteiger partial charge in [-0.15, -0.1) is 0 Å². The minimum Gasteiger partial charge on any atom is -0.297 e. The van der Waals surface area contributed by atoms with Gasteiger partial charge >= 0.3 is 0 Å². The van der Waals surface area contributed by atoms with E-state index in [4.69, 9.17) is 0 Å². The third kappa shape index (κ3) is 2.16. The fourth-order valence-electron chi connectivity index (χ4n) is 2.25. The van der Waals surface area contributed by atoms with Crippen LogP contribution < -0.4 is 0 Å². The number of piperidine rings is 1. The molecule has 0 saturated carbocycles. The van der Waals surface area contributed by atoms with E-state index in [0.29, 0.717) is 6.04 Å². The molecule has 1 aromatic carbocycles. The normalized spacial score (nSPS) is 20.6. The smallest absolute Gasteiger partial charge is 0.0319 e. The molecule has 1 aliphatic rings. The van der Waals surface area contributed by atoms with Crippen LogP contribution in [0.2, 0.25) is 0 Å². The first kappa shape index (κ1) is 9.72. The van der Waals surface area contributed by atoms with Gasteiger partial charge in [-0.3, -0.25) is 4.90 Å². The largest absolute Gasteiger partial charge is 0.297 e. The molecule has 1 unspecified atom stereocenters. The summed E-state index contributed by atoms with van der Waals surface area (Å²) in [6.45, 7) is 4.87. The molecule has 1 heterocycles. The van der Waals surface area contributed by atoms with Crippen LogP contribution in [0.3, 0.4) is 0 Å². The molecule has 0 aromatic heterocycles. The third-order valence-corrected chi connectivity index (χ3v) is 3.22. The molecule has 0 bridgehead atoms. The Kier molecular flexibility index (Phi) is 3.20. The quantitative estimate of drug-likeness (QED) is 0.690. The number of nitrogens with zero attached hydrogens (tertiary/aromatic N) is 1. The van der Waals surface area contributed by atoms with E-state index in [9.17, 15) is 0 Å². The summed E-state index contributed by atoms with van der Waals surface area (Å²) in [6, 6.07) is 11.4. The van der Waals surface area contributed by atoms with Gasteiger partial charge in [-0.1, -0.05) is 36.8 Å². The molecule has 1 atom stereocenters. The molecule has 1 heteroatoms. The molecule has 1 fully saturated rings. The predicted molar refractivity (Wildman–Crippen MR) is 60.3 cm³/mol. The van der Waals surface area contributed by atoms with E-state index in [1.807, 2.05) is 0 Å². The van der Waals surface area contributed by atoms with Gasteiger partial charge in [0.15, 0.2) is 0 Å². The van der Waals surface area contributed by atoms with E-state index in [0.717, 1.165) is 0 Å². The van der Waals surface area contributed by atoms with E-state index in [1.165, 1.54) is 37.9 Å². The molecule has 0 aliphatic carbocycles. The second-order valence-corrected chi connectivity index (χ2v) is 4.18. The molecular weight excluding hydrogens is 170 g/mol. The summed E-state index contributed by atoms with van der Waals surface area (Å²) in [5.41, 5.74) is 1.45. The lowest BCUT2D eigenvalue weighted by atomic mass is 10.0. The Morgan fingerprint density at radius 2 is 1.64 bits per heavy atom. The molecule has 2 rings (SSSR count). The number of likely N-dealkylation sites (tertiary alicyclic amines) is 1. The Morgan fingerprint density at radius 3 is 2.29 bits per heavy atom. The van der Waals surface area contributed by atoms with Gasteiger partial charge in [0, 0.05) is 6.04 Å². The van der Waals surface area contributed by atoms with E-state index in [-0.39, 0.29) is 0 Å². The minimum absolute atomic E-state index is 0.594. The molecule has 1 saturated heterocycles. The van der Waals surface area contributed by atoms with Gasteiger partial charge in [-0.05, 0) is 38.4 Å². The van der Waals surface area contributed by atoms with Gasteiger partial charge in [0.2, 0.25) is 0 Å². The summed E-state index contributed by atoms with van der Waals surface area (Å²) in [6.07, 6.45) is 4.16. The maximum absolute atomic E-state index is 2.60. The number of benzene rings is 1. The zero-order valence-electron chi connectivity index (χ0n) is 8.95. The zero-order valence-corrected chi connectivity index (χ0v) is 8.95. The van der Waals surface area contributed by atoms with Crippen molar-refractivity contribution in [2.24, 2.45) is 0 Å². The lowest BCUT2D eigenvalue weighted by Gasteiger charge is -2.32. The van der Waals surface area contributed by atoms with E-state index < -0.39 is 0 Å². The summed E-state index contributed by atoms with van der Waals surface area (Å²) < 4.78 is 0. The second kappa shape index (κ2) is 4.61. The molecule has 14 heavy (non-hydrogen) atoms. The average molecular weight is 189 g/mol. The van der Waals surface area contributed by atoms with Crippen LogP contribution in [0.15, 0.2) is 30.3 Å². The van der Waals surface area contributed by atoms with Crippen LogP contribution in [0.5, 0.6) is 0 Å². The maximum atomic E-state index is 2.60. The van der Waals surface area contributed by atoms with Crippen LogP contribution in [0, 0.1) is 0 Å². The summed E-state index contributed by atoms with van der Waals surface area (Å²) in [5, 5.41) is 0. The first-order valence-electron chi connectivity index (χ1n) is 5.67. The monoisotopic (exact) mass is 189 g/mol. The van der Waals surface area contributed by atoms with Crippen molar-refractivity contribution in [2.75, 3.05) is 13.1 Å². The third-order valence-electron chi connectivity index (χ3n) is 3.22. The Bertz CT molecular complexity index is 262. The highest BCUT2D eigenvalue weighted by Gasteiger charge is 2.17. The van der Waals surface area contributed by atoms with Crippen LogP contribution in [0.25, 0.3) is 0 Å². The van der Waals surface area contributed by atoms with Crippen LogP contribution >= 0.6 is 0 Å². The molecule has 1 aromatic rings. The summed E-state index contributed by atoms with van der Waals surface area (Å²) in [4.78, 5) is 2.60. The molecule has 0 amide bonds. The van der Waals surface area contributed by atoms with Crippen molar-refractivity contribution in [2.45, 2.75) is 32.2 Å². The Hall–Kier alpha value is -0.820. The first-order chi connectivity index (χ1) is 6.88. The lowest BCUT2D eigenvalue weighted by molar-refractivity contribution is 0.175. The summed E-state index contributed by atoms with van der Waals surface area (Å²) in [7, 11) is 0. The number of rotatable bonds is 2. The van der Waals surface area contributed by atoms with Crippen LogP contribution in [-0.2, 0) is 0 Å². The van der Waals surface area contributed by atoms with Crippen molar-refractivity contribution >= 4 is 0 Å². The fourth-order valence-corrected chi connectivity index (χ4v) is 2.25. The average Bonchev–Trinajstić information content (AvgIpc) is 2.30. The first-order valence-corrected chi connectivity index (χ1v) is 5.67. The number of hydrogen-bond acceptors (Lipinski definition) is 1. The van der Waals surface area contributed by atoms with Gasteiger partial charge in [0.1, 0.15) is 0 Å². The molecular formula is C13H19N. The molecule has 0 spiro atoms. The topological polar surface area (TPSA) is 3.24 Å². The van der Waals surface area contributed by atoms with Crippen molar-refractivity contribution in [1.82, 2.24) is 4.90 Å². The fraction of sp³-hybridized carbons (Fsp3) is 0.538. The standard InChI is InChI=1S/C13H19N/c1-12(13-8-4-2-5-9-13)14-10-6-3-7-11-14/h2,4-5,8-9,12H,3,6-7,10-11H2,1H3. The zero-order chi connectivity index (χ0) is 9.80. The Morgan fingerprint density at radius 1 is 1.00 bits per heavy atom. The highest BCUT2D eigenvalue weighted by Crippen LogP contribution is 2.23. The van der Waals surface area contributed by atoms with Crippen molar-refractivity contribution in [3.63, 3.8) is 0 Å². The Labute approximate surface area is 86.7 Å². The molecule has 0 radical (unpaired) electrons. The van der Waals surface area contributed by atoms with Gasteiger partial charge in [-0.2, -0.15) is 0 Å². The van der Waals surface area contributed by atoms with Gasteiger partial charge < -0.3 is 0 Å². The van der Waals surface area contributed by atoms with Gasteiger partial charge in [0.25, 0.3) is 0 Å². The maximum Gasteiger partial charge on any atom is 0.0319 e.